The molecule has 82 valence electrons. The Morgan fingerprint density at radius 1 is 1.40 bits per heavy atom. The van der Waals surface area contributed by atoms with Gasteiger partial charge in [0.05, 0.1) is 5.60 Å². The maximum atomic E-state index is 10.4. The summed E-state index contributed by atoms with van der Waals surface area (Å²) in [6.07, 6.45) is 3.22. The average molecular weight is 205 g/mol. The van der Waals surface area contributed by atoms with Crippen LogP contribution in [0.2, 0.25) is 0 Å². The molecule has 2 heteroatoms. The minimum absolute atomic E-state index is 0.472. The van der Waals surface area contributed by atoms with Crippen LogP contribution >= 0.6 is 0 Å². The molecule has 1 aliphatic heterocycles. The standard InChI is InChI=1S/C13H19NO/c1-13(15,10-12-8-5-9-14-12)11-6-3-2-4-7-11/h2-4,6-7,12,14-15H,5,8-10H2,1H3/t12-,13-/m0/s1. The molecule has 2 rings (SSSR count). The Labute approximate surface area is 91.3 Å². The van der Waals surface area contributed by atoms with Gasteiger partial charge in [-0.05, 0) is 38.3 Å². The molecular weight excluding hydrogens is 186 g/mol. The van der Waals surface area contributed by atoms with Gasteiger partial charge in [0, 0.05) is 6.04 Å². The summed E-state index contributed by atoms with van der Waals surface area (Å²) in [5, 5.41) is 13.8. The molecule has 0 bridgehead atoms. The number of hydrogen-bond acceptors (Lipinski definition) is 2. The molecule has 2 atom stereocenters. The molecule has 2 N–H and O–H groups in total. The zero-order chi connectivity index (χ0) is 10.7. The van der Waals surface area contributed by atoms with Gasteiger partial charge in [0.15, 0.2) is 0 Å². The number of benzene rings is 1. The van der Waals surface area contributed by atoms with Crippen LogP contribution < -0.4 is 5.32 Å². The predicted octanol–water partition coefficient (Wildman–Crippen LogP) is 2.04. The fourth-order valence-corrected chi connectivity index (χ4v) is 2.33. The van der Waals surface area contributed by atoms with E-state index in [9.17, 15) is 5.11 Å². The summed E-state index contributed by atoms with van der Waals surface area (Å²) in [5.74, 6) is 0. The molecule has 1 aromatic rings. The molecule has 15 heavy (non-hydrogen) atoms. The van der Waals surface area contributed by atoms with Gasteiger partial charge < -0.3 is 10.4 Å². The lowest BCUT2D eigenvalue weighted by Crippen LogP contribution is -2.32. The minimum Gasteiger partial charge on any atom is -0.385 e. The van der Waals surface area contributed by atoms with Gasteiger partial charge in [0.25, 0.3) is 0 Å². The molecule has 0 aromatic heterocycles. The van der Waals surface area contributed by atoms with Crippen LogP contribution in [0.4, 0.5) is 0 Å². The van der Waals surface area contributed by atoms with Crippen LogP contribution in [0, 0.1) is 0 Å². The number of rotatable bonds is 3. The Morgan fingerprint density at radius 3 is 2.73 bits per heavy atom. The fraction of sp³-hybridized carbons (Fsp3) is 0.538. The van der Waals surface area contributed by atoms with Crippen LogP contribution in [0.3, 0.4) is 0 Å². The second kappa shape index (κ2) is 4.33. The van der Waals surface area contributed by atoms with Gasteiger partial charge in [-0.3, -0.25) is 0 Å². The van der Waals surface area contributed by atoms with E-state index in [4.69, 9.17) is 0 Å². The lowest BCUT2D eigenvalue weighted by molar-refractivity contribution is 0.0385. The molecule has 0 radical (unpaired) electrons. The van der Waals surface area contributed by atoms with E-state index >= 15 is 0 Å². The first-order chi connectivity index (χ1) is 7.18. The SMILES string of the molecule is C[C@](O)(C[C@@H]1CCCN1)c1ccccc1. The summed E-state index contributed by atoms with van der Waals surface area (Å²) in [5.41, 5.74) is 0.308. The lowest BCUT2D eigenvalue weighted by atomic mass is 9.89. The Balaban J connectivity index is 2.05. The van der Waals surface area contributed by atoms with Crippen LogP contribution in [0.1, 0.15) is 31.7 Å². The van der Waals surface area contributed by atoms with Gasteiger partial charge >= 0.3 is 0 Å². The quantitative estimate of drug-likeness (QED) is 0.791. The van der Waals surface area contributed by atoms with Crippen molar-refractivity contribution in [3.8, 4) is 0 Å². The van der Waals surface area contributed by atoms with E-state index in [1.54, 1.807) is 0 Å². The minimum atomic E-state index is -0.705. The van der Waals surface area contributed by atoms with Crippen LogP contribution in [-0.4, -0.2) is 17.7 Å². The van der Waals surface area contributed by atoms with E-state index < -0.39 is 5.60 Å². The molecule has 1 saturated heterocycles. The maximum absolute atomic E-state index is 10.4. The van der Waals surface area contributed by atoms with Crippen molar-refractivity contribution >= 4 is 0 Å². The van der Waals surface area contributed by atoms with Crippen molar-refractivity contribution in [3.63, 3.8) is 0 Å². The summed E-state index contributed by atoms with van der Waals surface area (Å²) in [6.45, 7) is 3.00. The zero-order valence-corrected chi connectivity index (χ0v) is 9.24. The largest absolute Gasteiger partial charge is 0.385 e. The van der Waals surface area contributed by atoms with Crippen LogP contribution in [-0.2, 0) is 5.60 Å². The summed E-state index contributed by atoms with van der Waals surface area (Å²) >= 11 is 0. The zero-order valence-electron chi connectivity index (χ0n) is 9.24. The smallest absolute Gasteiger partial charge is 0.0883 e. The van der Waals surface area contributed by atoms with Crippen molar-refractivity contribution in [1.29, 1.82) is 0 Å². The van der Waals surface area contributed by atoms with Gasteiger partial charge in [-0.2, -0.15) is 0 Å². The lowest BCUT2D eigenvalue weighted by Gasteiger charge is -2.27. The third-order valence-corrected chi connectivity index (χ3v) is 3.20. The molecule has 0 spiro atoms. The molecule has 0 amide bonds. The predicted molar refractivity (Wildman–Crippen MR) is 61.7 cm³/mol. The van der Waals surface area contributed by atoms with Crippen LogP contribution in [0.25, 0.3) is 0 Å². The van der Waals surface area contributed by atoms with Gasteiger partial charge in [0.2, 0.25) is 0 Å². The highest BCUT2D eigenvalue weighted by Gasteiger charge is 2.28. The Kier molecular flexibility index (Phi) is 3.08. The Morgan fingerprint density at radius 2 is 2.13 bits per heavy atom. The summed E-state index contributed by atoms with van der Waals surface area (Å²) < 4.78 is 0. The second-order valence-corrected chi connectivity index (χ2v) is 4.64. The first-order valence-corrected chi connectivity index (χ1v) is 5.70. The van der Waals surface area contributed by atoms with Gasteiger partial charge in [-0.1, -0.05) is 30.3 Å². The molecule has 1 fully saturated rings. The van der Waals surface area contributed by atoms with Crippen molar-refractivity contribution < 1.29 is 5.11 Å². The van der Waals surface area contributed by atoms with Crippen molar-refractivity contribution in [2.45, 2.75) is 37.8 Å². The first kappa shape index (κ1) is 10.7. The van der Waals surface area contributed by atoms with Crippen molar-refractivity contribution in [2.75, 3.05) is 6.54 Å². The molecule has 2 nitrogen and oxygen atoms in total. The van der Waals surface area contributed by atoms with Crippen LogP contribution in [0.5, 0.6) is 0 Å². The highest BCUT2D eigenvalue weighted by molar-refractivity contribution is 5.21. The Hall–Kier alpha value is -0.860. The van der Waals surface area contributed by atoms with Gasteiger partial charge in [0.1, 0.15) is 0 Å². The van der Waals surface area contributed by atoms with E-state index in [2.05, 4.69) is 5.32 Å². The topological polar surface area (TPSA) is 32.3 Å². The number of hydrogen-bond donors (Lipinski definition) is 2. The molecule has 1 aliphatic rings. The number of aliphatic hydroxyl groups is 1. The average Bonchev–Trinajstić information content (AvgIpc) is 2.71. The van der Waals surface area contributed by atoms with Crippen molar-refractivity contribution in [1.82, 2.24) is 5.32 Å². The van der Waals surface area contributed by atoms with Crippen molar-refractivity contribution in [3.05, 3.63) is 35.9 Å². The van der Waals surface area contributed by atoms with E-state index in [0.29, 0.717) is 6.04 Å². The van der Waals surface area contributed by atoms with Crippen molar-refractivity contribution in [2.24, 2.45) is 0 Å². The summed E-state index contributed by atoms with van der Waals surface area (Å²) in [7, 11) is 0. The van der Waals surface area contributed by atoms with E-state index in [0.717, 1.165) is 18.5 Å². The molecular formula is C13H19NO. The van der Waals surface area contributed by atoms with E-state index in [1.807, 2.05) is 37.3 Å². The third-order valence-electron chi connectivity index (χ3n) is 3.20. The molecule has 1 aromatic carbocycles. The van der Waals surface area contributed by atoms with E-state index in [1.165, 1.54) is 12.8 Å². The third kappa shape index (κ3) is 2.58. The Bertz CT molecular complexity index is 302. The summed E-state index contributed by atoms with van der Waals surface area (Å²) in [6, 6.07) is 10.4. The van der Waals surface area contributed by atoms with Crippen LogP contribution in [0.15, 0.2) is 30.3 Å². The molecule has 0 saturated carbocycles. The van der Waals surface area contributed by atoms with Gasteiger partial charge in [-0.25, -0.2) is 0 Å². The van der Waals surface area contributed by atoms with Gasteiger partial charge in [-0.15, -0.1) is 0 Å². The molecule has 1 heterocycles. The second-order valence-electron chi connectivity index (χ2n) is 4.64. The highest BCUT2D eigenvalue weighted by atomic mass is 16.3. The monoisotopic (exact) mass is 205 g/mol. The summed E-state index contributed by atoms with van der Waals surface area (Å²) in [4.78, 5) is 0. The highest BCUT2D eigenvalue weighted by Crippen LogP contribution is 2.27. The first-order valence-electron chi connectivity index (χ1n) is 5.70. The normalized spacial score (nSPS) is 25.1. The molecule has 0 aliphatic carbocycles. The maximum Gasteiger partial charge on any atom is 0.0883 e. The molecule has 0 unspecified atom stereocenters. The number of nitrogens with one attached hydrogen (secondary N) is 1. The fourth-order valence-electron chi connectivity index (χ4n) is 2.33. The van der Waals surface area contributed by atoms with E-state index in [-0.39, 0.29) is 0 Å².